The van der Waals surface area contributed by atoms with Crippen molar-refractivity contribution in [2.45, 2.75) is 33.3 Å². The minimum Gasteiger partial charge on any atom is -0.508 e. The first-order valence-corrected chi connectivity index (χ1v) is 9.53. The molecule has 0 aliphatic heterocycles. The molecule has 3 aromatic heterocycles. The van der Waals surface area contributed by atoms with Crippen LogP contribution in [0.25, 0.3) is 21.2 Å². The van der Waals surface area contributed by atoms with Crippen molar-refractivity contribution in [2.24, 2.45) is 0 Å². The minimum atomic E-state index is -0.700. The highest BCUT2D eigenvalue weighted by molar-refractivity contribution is 7.18. The largest absolute Gasteiger partial charge is 0.508 e. The smallest absolute Gasteiger partial charge is 0.311 e. The Labute approximate surface area is 163 Å². The third kappa shape index (κ3) is 3.16. The third-order valence-corrected chi connectivity index (χ3v) is 5.83. The molecule has 4 rings (SSSR count). The quantitative estimate of drug-likeness (QED) is 0.505. The van der Waals surface area contributed by atoms with Crippen LogP contribution < -0.4 is 5.56 Å². The van der Waals surface area contributed by atoms with E-state index in [1.807, 2.05) is 13.8 Å². The number of nitrogens with one attached hydrogen (secondary N) is 1. The van der Waals surface area contributed by atoms with Crippen LogP contribution in [0.1, 0.15) is 34.9 Å². The van der Waals surface area contributed by atoms with Gasteiger partial charge in [-0.2, -0.15) is 0 Å². The van der Waals surface area contributed by atoms with Crippen molar-refractivity contribution in [1.29, 1.82) is 0 Å². The van der Waals surface area contributed by atoms with E-state index in [4.69, 9.17) is 9.15 Å². The van der Waals surface area contributed by atoms with Crippen LogP contribution in [0.2, 0.25) is 0 Å². The molecular weight excluding hydrogens is 380 g/mol. The number of phenols is 1. The Morgan fingerprint density at radius 2 is 2.18 bits per heavy atom. The molecule has 0 aliphatic carbocycles. The Morgan fingerprint density at radius 3 is 2.96 bits per heavy atom. The third-order valence-electron chi connectivity index (χ3n) is 4.72. The molecule has 0 unspecified atom stereocenters. The summed E-state index contributed by atoms with van der Waals surface area (Å²) in [7, 11) is 0. The number of carbonyl (C=O) groups excluding carboxylic acids is 1. The first-order chi connectivity index (χ1) is 13.3. The van der Waals surface area contributed by atoms with E-state index in [0.29, 0.717) is 27.2 Å². The number of furan rings is 1. The highest BCUT2D eigenvalue weighted by Crippen LogP contribution is 2.28. The van der Waals surface area contributed by atoms with Gasteiger partial charge in [-0.3, -0.25) is 9.59 Å². The molecule has 7 nitrogen and oxygen atoms in total. The number of hydrogen-bond donors (Lipinski definition) is 2. The van der Waals surface area contributed by atoms with Gasteiger partial charge < -0.3 is 19.2 Å². The number of carbonyl (C=O) groups is 1. The number of rotatable bonds is 4. The summed E-state index contributed by atoms with van der Waals surface area (Å²) in [5, 5.41) is 10.8. The summed E-state index contributed by atoms with van der Waals surface area (Å²) < 4.78 is 10.8. The highest BCUT2D eigenvalue weighted by Gasteiger charge is 2.19. The monoisotopic (exact) mass is 398 g/mol. The molecule has 0 amide bonds. The SMILES string of the molecule is Cc1sc2nc([C@H](C)OC(=O)Cc3coc4cc(O)ccc34)[nH]c(=O)c2c1C. The molecule has 8 heteroatoms. The van der Waals surface area contributed by atoms with Crippen LogP contribution in [-0.2, 0) is 16.0 Å². The van der Waals surface area contributed by atoms with E-state index in [1.165, 1.54) is 29.7 Å². The summed E-state index contributed by atoms with van der Waals surface area (Å²) in [5.74, 6) is -0.0623. The number of thiophene rings is 1. The van der Waals surface area contributed by atoms with Crippen molar-refractivity contribution in [1.82, 2.24) is 9.97 Å². The second-order valence-electron chi connectivity index (χ2n) is 6.66. The summed E-state index contributed by atoms with van der Waals surface area (Å²) >= 11 is 1.45. The number of H-pyrrole nitrogens is 1. The van der Waals surface area contributed by atoms with Crippen molar-refractivity contribution in [2.75, 3.05) is 0 Å². The highest BCUT2D eigenvalue weighted by atomic mass is 32.1. The van der Waals surface area contributed by atoms with Crippen molar-refractivity contribution < 1.29 is 19.1 Å². The second-order valence-corrected chi connectivity index (χ2v) is 7.87. The van der Waals surface area contributed by atoms with Crippen LogP contribution in [0.5, 0.6) is 5.75 Å². The summed E-state index contributed by atoms with van der Waals surface area (Å²) in [5.41, 5.74) is 1.84. The van der Waals surface area contributed by atoms with E-state index >= 15 is 0 Å². The molecule has 0 spiro atoms. The molecule has 0 aliphatic rings. The van der Waals surface area contributed by atoms with Crippen molar-refractivity contribution >= 4 is 38.5 Å². The van der Waals surface area contributed by atoms with Gasteiger partial charge in [-0.1, -0.05) is 0 Å². The number of nitrogens with zero attached hydrogens (tertiary/aromatic N) is 1. The molecule has 0 radical (unpaired) electrons. The second kappa shape index (κ2) is 6.79. The van der Waals surface area contributed by atoms with Gasteiger partial charge in [0.1, 0.15) is 16.2 Å². The zero-order chi connectivity index (χ0) is 20.0. The number of aromatic nitrogens is 2. The summed E-state index contributed by atoms with van der Waals surface area (Å²) in [6.45, 7) is 5.50. The van der Waals surface area contributed by atoms with E-state index in [9.17, 15) is 14.7 Å². The maximum Gasteiger partial charge on any atom is 0.311 e. The molecule has 0 fully saturated rings. The van der Waals surface area contributed by atoms with Crippen LogP contribution in [0.15, 0.2) is 33.7 Å². The molecule has 0 saturated carbocycles. The van der Waals surface area contributed by atoms with Crippen LogP contribution >= 0.6 is 11.3 Å². The fourth-order valence-corrected chi connectivity index (χ4v) is 4.16. The zero-order valence-corrected chi connectivity index (χ0v) is 16.3. The Balaban J connectivity index is 1.54. The number of fused-ring (bicyclic) bond motifs is 2. The lowest BCUT2D eigenvalue weighted by atomic mass is 10.1. The van der Waals surface area contributed by atoms with Crippen LogP contribution in [-0.4, -0.2) is 21.0 Å². The van der Waals surface area contributed by atoms with Crippen LogP contribution in [0.4, 0.5) is 0 Å². The molecule has 28 heavy (non-hydrogen) atoms. The Kier molecular flexibility index (Phi) is 4.43. The van der Waals surface area contributed by atoms with Gasteiger partial charge in [-0.25, -0.2) is 4.98 Å². The zero-order valence-electron chi connectivity index (χ0n) is 15.5. The number of hydrogen-bond acceptors (Lipinski definition) is 7. The first-order valence-electron chi connectivity index (χ1n) is 8.72. The molecule has 144 valence electrons. The number of ether oxygens (including phenoxy) is 1. The van der Waals surface area contributed by atoms with E-state index in [1.54, 1.807) is 13.0 Å². The number of phenolic OH excluding ortho intramolecular Hbond substituents is 1. The molecule has 4 aromatic rings. The Morgan fingerprint density at radius 1 is 1.39 bits per heavy atom. The first kappa shape index (κ1) is 18.2. The molecule has 0 bridgehead atoms. The van der Waals surface area contributed by atoms with Gasteiger partial charge in [0.15, 0.2) is 11.9 Å². The van der Waals surface area contributed by atoms with E-state index in [0.717, 1.165) is 15.8 Å². The summed E-state index contributed by atoms with van der Waals surface area (Å²) in [4.78, 5) is 33.6. The average molecular weight is 398 g/mol. The molecule has 2 N–H and O–H groups in total. The number of aryl methyl sites for hydroxylation is 2. The van der Waals surface area contributed by atoms with Gasteiger partial charge in [-0.05, 0) is 38.5 Å². The number of benzene rings is 1. The number of esters is 1. The fraction of sp³-hybridized carbons (Fsp3) is 0.250. The van der Waals surface area contributed by atoms with Gasteiger partial charge in [0.2, 0.25) is 0 Å². The molecule has 0 saturated heterocycles. The van der Waals surface area contributed by atoms with Crippen molar-refractivity contribution in [3.05, 3.63) is 56.6 Å². The van der Waals surface area contributed by atoms with E-state index < -0.39 is 12.1 Å². The van der Waals surface area contributed by atoms with Gasteiger partial charge in [0.05, 0.1) is 18.1 Å². The summed E-state index contributed by atoms with van der Waals surface area (Å²) in [6.07, 6.45) is 0.778. The standard InChI is InChI=1S/C20H18N2O5S/c1-9-11(3)28-20-17(9)19(25)21-18(22-20)10(2)27-16(24)6-12-8-26-15-7-13(23)4-5-14(12)15/h4-5,7-8,10,23H,6H2,1-3H3,(H,21,22,25)/t10-/m0/s1. The van der Waals surface area contributed by atoms with Gasteiger partial charge in [0, 0.05) is 21.9 Å². The van der Waals surface area contributed by atoms with Crippen LogP contribution in [0.3, 0.4) is 0 Å². The number of aromatic hydroxyl groups is 1. The van der Waals surface area contributed by atoms with E-state index in [-0.39, 0.29) is 17.7 Å². The maximum atomic E-state index is 12.4. The lowest BCUT2D eigenvalue weighted by Crippen LogP contribution is -2.18. The van der Waals surface area contributed by atoms with Gasteiger partial charge in [-0.15, -0.1) is 11.3 Å². The van der Waals surface area contributed by atoms with Crippen molar-refractivity contribution in [3.63, 3.8) is 0 Å². The predicted molar refractivity (Wildman–Crippen MR) is 106 cm³/mol. The number of aromatic amines is 1. The lowest BCUT2D eigenvalue weighted by molar-refractivity contribution is -0.148. The molecule has 3 heterocycles. The fourth-order valence-electron chi connectivity index (χ4n) is 3.12. The molecular formula is C20H18N2O5S. The summed E-state index contributed by atoms with van der Waals surface area (Å²) in [6, 6.07) is 4.71. The average Bonchev–Trinajstić information content (AvgIpc) is 3.15. The molecule has 1 atom stereocenters. The molecule has 1 aromatic carbocycles. The Bertz CT molecular complexity index is 1270. The van der Waals surface area contributed by atoms with Crippen molar-refractivity contribution in [3.8, 4) is 5.75 Å². The lowest BCUT2D eigenvalue weighted by Gasteiger charge is -2.12. The maximum absolute atomic E-state index is 12.4. The topological polar surface area (TPSA) is 105 Å². The Hall–Kier alpha value is -3.13. The normalized spacial score (nSPS) is 12.5. The minimum absolute atomic E-state index is 0.00576. The van der Waals surface area contributed by atoms with E-state index in [2.05, 4.69) is 9.97 Å². The van der Waals surface area contributed by atoms with Gasteiger partial charge >= 0.3 is 5.97 Å². The van der Waals surface area contributed by atoms with Crippen LogP contribution in [0, 0.1) is 13.8 Å². The predicted octanol–water partition coefficient (Wildman–Crippen LogP) is 3.90. The van der Waals surface area contributed by atoms with Gasteiger partial charge in [0.25, 0.3) is 5.56 Å².